The zero-order valence-electron chi connectivity index (χ0n) is 10.2. The quantitative estimate of drug-likeness (QED) is 0.548. The van der Waals surface area contributed by atoms with Crippen molar-refractivity contribution in [3.8, 4) is 0 Å². The number of nitrogens with zero attached hydrogens (tertiary/aromatic N) is 3. The summed E-state index contributed by atoms with van der Waals surface area (Å²) in [5, 5.41) is 4.77. The Bertz CT molecular complexity index is 299. The minimum atomic E-state index is 0.252. The van der Waals surface area contributed by atoms with Gasteiger partial charge in [-0.1, -0.05) is 13.8 Å². The molecule has 0 spiro atoms. The number of nitrogens with two attached hydrogens (primary N) is 1. The molecule has 0 fully saturated rings. The lowest BCUT2D eigenvalue weighted by molar-refractivity contribution is 0.527. The Balaban J connectivity index is 2.49. The first kappa shape index (κ1) is 13.5. The molecule has 1 aromatic rings. The number of hydrazine groups is 1. The molecule has 1 atom stereocenters. The van der Waals surface area contributed by atoms with E-state index in [-0.39, 0.29) is 6.04 Å². The maximum absolute atomic E-state index is 5.55. The molecule has 0 aromatic carbocycles. The van der Waals surface area contributed by atoms with Gasteiger partial charge in [-0.25, -0.2) is 4.98 Å². The average Bonchev–Trinajstić information content (AvgIpc) is 2.70. The van der Waals surface area contributed by atoms with Gasteiger partial charge in [0.05, 0.1) is 0 Å². The van der Waals surface area contributed by atoms with E-state index >= 15 is 0 Å². The van der Waals surface area contributed by atoms with Gasteiger partial charge in [0.15, 0.2) is 0 Å². The minimum Gasteiger partial charge on any atom is -0.271 e. The number of nitrogens with one attached hydrogen (secondary N) is 1. The fraction of sp³-hybridized carbons (Fsp3) is 0.800. The number of aromatic nitrogens is 3. The molecule has 1 unspecified atom stereocenters. The summed E-state index contributed by atoms with van der Waals surface area (Å²) in [4.78, 5) is 4.25. The van der Waals surface area contributed by atoms with Crippen molar-refractivity contribution in [2.24, 2.45) is 5.84 Å². The molecule has 6 heteroatoms. The van der Waals surface area contributed by atoms with Crippen LogP contribution in [0.3, 0.4) is 0 Å². The molecule has 0 amide bonds. The number of hydrogen-bond acceptors (Lipinski definition) is 5. The summed E-state index contributed by atoms with van der Waals surface area (Å²) in [7, 11) is 0. The minimum absolute atomic E-state index is 0.252. The number of thioether (sulfide) groups is 1. The van der Waals surface area contributed by atoms with Crippen LogP contribution >= 0.6 is 11.8 Å². The maximum atomic E-state index is 5.55. The summed E-state index contributed by atoms with van der Waals surface area (Å²) in [6, 6.07) is 0.252. The van der Waals surface area contributed by atoms with E-state index in [4.69, 9.17) is 5.84 Å². The molecule has 0 radical (unpaired) electrons. The van der Waals surface area contributed by atoms with Crippen molar-refractivity contribution >= 4 is 11.8 Å². The maximum Gasteiger partial charge on any atom is 0.138 e. The van der Waals surface area contributed by atoms with Gasteiger partial charge in [0.25, 0.3) is 0 Å². The van der Waals surface area contributed by atoms with Gasteiger partial charge >= 0.3 is 0 Å². The lowest BCUT2D eigenvalue weighted by Gasteiger charge is -2.16. The van der Waals surface area contributed by atoms with Gasteiger partial charge in [0.2, 0.25) is 0 Å². The Morgan fingerprint density at radius 3 is 2.88 bits per heavy atom. The summed E-state index contributed by atoms with van der Waals surface area (Å²) in [6.07, 6.45) is 2.42. The monoisotopic (exact) mass is 243 g/mol. The number of aryl methyl sites for hydroxylation is 1. The molecule has 0 saturated heterocycles. The fourth-order valence-electron chi connectivity index (χ4n) is 1.41. The van der Waals surface area contributed by atoms with Crippen LogP contribution < -0.4 is 11.3 Å². The molecule has 1 heterocycles. The first-order chi connectivity index (χ1) is 7.67. The summed E-state index contributed by atoms with van der Waals surface area (Å²) in [5.41, 5.74) is 2.85. The summed E-state index contributed by atoms with van der Waals surface area (Å²) in [6.45, 7) is 7.29. The van der Waals surface area contributed by atoms with Gasteiger partial charge in [-0.2, -0.15) is 16.9 Å². The van der Waals surface area contributed by atoms with Crippen molar-refractivity contribution < 1.29 is 0 Å². The predicted molar refractivity (Wildman–Crippen MR) is 68.1 cm³/mol. The molecule has 3 N–H and O–H groups in total. The standard InChI is InChI=1S/C10H21N5S/c1-4-15-10(12-7-13-15)5-9(14-11)6-16-8(2)3/h7-9,14H,4-6,11H2,1-3H3. The second-order valence-corrected chi connectivity index (χ2v) is 5.55. The third-order valence-electron chi connectivity index (χ3n) is 2.29. The van der Waals surface area contributed by atoms with E-state index in [9.17, 15) is 0 Å². The molecule has 1 rings (SSSR count). The summed E-state index contributed by atoms with van der Waals surface area (Å²) < 4.78 is 1.91. The van der Waals surface area contributed by atoms with Crippen LogP contribution in [0.25, 0.3) is 0 Å². The SMILES string of the molecule is CCn1ncnc1CC(CSC(C)C)NN. The molecule has 5 nitrogen and oxygen atoms in total. The van der Waals surface area contributed by atoms with Gasteiger partial charge in [0, 0.05) is 24.8 Å². The van der Waals surface area contributed by atoms with Gasteiger partial charge in [-0.05, 0) is 12.2 Å². The van der Waals surface area contributed by atoms with Crippen LogP contribution in [0.2, 0.25) is 0 Å². The molecular formula is C10H21N5S. The zero-order chi connectivity index (χ0) is 12.0. The summed E-state index contributed by atoms with van der Waals surface area (Å²) >= 11 is 1.90. The Morgan fingerprint density at radius 2 is 2.31 bits per heavy atom. The highest BCUT2D eigenvalue weighted by Gasteiger charge is 2.12. The molecule has 92 valence electrons. The Hall–Kier alpha value is -0.590. The van der Waals surface area contributed by atoms with Gasteiger partial charge < -0.3 is 0 Å². The normalized spacial score (nSPS) is 13.3. The van der Waals surface area contributed by atoms with Crippen molar-refractivity contribution in [1.82, 2.24) is 20.2 Å². The Kier molecular flexibility index (Phi) is 5.79. The number of rotatable bonds is 7. The van der Waals surface area contributed by atoms with Crippen molar-refractivity contribution in [1.29, 1.82) is 0 Å². The van der Waals surface area contributed by atoms with Crippen LogP contribution in [0.15, 0.2) is 6.33 Å². The van der Waals surface area contributed by atoms with Crippen molar-refractivity contribution in [2.75, 3.05) is 5.75 Å². The largest absolute Gasteiger partial charge is 0.271 e. The highest BCUT2D eigenvalue weighted by molar-refractivity contribution is 7.99. The molecule has 16 heavy (non-hydrogen) atoms. The van der Waals surface area contributed by atoms with Crippen LogP contribution in [0.4, 0.5) is 0 Å². The molecular weight excluding hydrogens is 222 g/mol. The topological polar surface area (TPSA) is 68.8 Å². The average molecular weight is 243 g/mol. The molecule has 1 aromatic heterocycles. The van der Waals surface area contributed by atoms with Gasteiger partial charge in [-0.15, -0.1) is 0 Å². The first-order valence-corrected chi connectivity index (χ1v) is 6.66. The van der Waals surface area contributed by atoms with Gasteiger partial charge in [0.1, 0.15) is 12.2 Å². The van der Waals surface area contributed by atoms with E-state index in [1.54, 1.807) is 6.33 Å². The van der Waals surface area contributed by atoms with E-state index in [1.165, 1.54) is 0 Å². The highest BCUT2D eigenvalue weighted by atomic mass is 32.2. The predicted octanol–water partition coefficient (Wildman–Crippen LogP) is 0.814. The smallest absolute Gasteiger partial charge is 0.138 e. The Labute approximate surface area is 101 Å². The van der Waals surface area contributed by atoms with Crippen LogP contribution in [0, 0.1) is 0 Å². The van der Waals surface area contributed by atoms with E-state index in [0.717, 1.165) is 24.5 Å². The molecule has 0 aliphatic rings. The third-order valence-corrected chi connectivity index (χ3v) is 3.55. The second-order valence-electron chi connectivity index (χ2n) is 3.94. The fourth-order valence-corrected chi connectivity index (χ4v) is 2.24. The van der Waals surface area contributed by atoms with E-state index in [2.05, 4.69) is 36.3 Å². The van der Waals surface area contributed by atoms with Crippen LogP contribution in [0.1, 0.15) is 26.6 Å². The van der Waals surface area contributed by atoms with Crippen molar-refractivity contribution in [2.45, 2.75) is 45.0 Å². The van der Waals surface area contributed by atoms with Crippen LogP contribution in [-0.4, -0.2) is 31.8 Å². The lowest BCUT2D eigenvalue weighted by atomic mass is 10.2. The van der Waals surface area contributed by atoms with E-state index < -0.39 is 0 Å². The Morgan fingerprint density at radius 1 is 1.56 bits per heavy atom. The molecule has 0 saturated carbocycles. The molecule has 0 bridgehead atoms. The van der Waals surface area contributed by atoms with Crippen LogP contribution in [-0.2, 0) is 13.0 Å². The second kappa shape index (κ2) is 6.88. The van der Waals surface area contributed by atoms with Crippen LogP contribution in [0.5, 0.6) is 0 Å². The van der Waals surface area contributed by atoms with E-state index in [1.807, 2.05) is 16.4 Å². The number of hydrogen-bond donors (Lipinski definition) is 2. The van der Waals surface area contributed by atoms with Crippen molar-refractivity contribution in [3.63, 3.8) is 0 Å². The van der Waals surface area contributed by atoms with Gasteiger partial charge in [-0.3, -0.25) is 16.0 Å². The zero-order valence-corrected chi connectivity index (χ0v) is 11.0. The lowest BCUT2D eigenvalue weighted by Crippen LogP contribution is -2.39. The molecule has 0 aliphatic heterocycles. The third kappa shape index (κ3) is 4.11. The molecule has 0 aliphatic carbocycles. The van der Waals surface area contributed by atoms with Crippen molar-refractivity contribution in [3.05, 3.63) is 12.2 Å². The first-order valence-electron chi connectivity index (χ1n) is 5.61. The summed E-state index contributed by atoms with van der Waals surface area (Å²) in [5.74, 6) is 7.53. The van der Waals surface area contributed by atoms with E-state index in [0.29, 0.717) is 5.25 Å². The highest BCUT2D eigenvalue weighted by Crippen LogP contribution is 2.12.